The summed E-state index contributed by atoms with van der Waals surface area (Å²) in [6.45, 7) is -0.125. The average molecular weight is 173 g/mol. The number of nitrogens with two attached hydrogens (primary N) is 1. The van der Waals surface area contributed by atoms with E-state index in [1.807, 2.05) is 0 Å². The van der Waals surface area contributed by atoms with Crippen LogP contribution in [-0.4, -0.2) is 11.7 Å². The molecular formula is C8H9F2NO. The summed E-state index contributed by atoms with van der Waals surface area (Å²) in [5.41, 5.74) is 4.98. The molecule has 12 heavy (non-hydrogen) atoms. The van der Waals surface area contributed by atoms with Gasteiger partial charge in [-0.2, -0.15) is 0 Å². The Labute approximate surface area is 68.6 Å². The summed E-state index contributed by atoms with van der Waals surface area (Å²) in [5.74, 6) is -1.23. The number of benzene rings is 1. The van der Waals surface area contributed by atoms with Gasteiger partial charge in [-0.15, -0.1) is 0 Å². The van der Waals surface area contributed by atoms with Gasteiger partial charge >= 0.3 is 0 Å². The number of hydrogen-bond donors (Lipinski definition) is 2. The van der Waals surface area contributed by atoms with Crippen molar-refractivity contribution in [3.8, 4) is 0 Å². The fourth-order valence-electron chi connectivity index (χ4n) is 0.897. The van der Waals surface area contributed by atoms with Crippen molar-refractivity contribution >= 4 is 0 Å². The molecule has 1 atom stereocenters. The standard InChI is InChI=1S/C8H9F2NO/c9-5-1-2-7(10)6(3-5)8(12)4-11/h1-3,8,12H,4,11H2. The van der Waals surface area contributed by atoms with Crippen LogP contribution in [0.25, 0.3) is 0 Å². The van der Waals surface area contributed by atoms with Crippen LogP contribution in [0.5, 0.6) is 0 Å². The third kappa shape index (κ3) is 1.78. The molecule has 0 fully saturated rings. The van der Waals surface area contributed by atoms with Crippen LogP contribution in [-0.2, 0) is 0 Å². The van der Waals surface area contributed by atoms with Crippen LogP contribution < -0.4 is 5.73 Å². The van der Waals surface area contributed by atoms with E-state index in [4.69, 9.17) is 10.8 Å². The van der Waals surface area contributed by atoms with Crippen molar-refractivity contribution in [3.63, 3.8) is 0 Å². The van der Waals surface area contributed by atoms with Gasteiger partial charge in [0.25, 0.3) is 0 Å². The molecule has 0 spiro atoms. The summed E-state index contributed by atoms with van der Waals surface area (Å²) < 4.78 is 25.4. The van der Waals surface area contributed by atoms with E-state index in [1.165, 1.54) is 0 Å². The zero-order valence-electron chi connectivity index (χ0n) is 6.30. The van der Waals surface area contributed by atoms with Gasteiger partial charge in [-0.3, -0.25) is 0 Å². The SMILES string of the molecule is NCC(O)c1cc(F)ccc1F. The molecule has 0 saturated heterocycles. The molecule has 0 aliphatic rings. The highest BCUT2D eigenvalue weighted by Gasteiger charge is 2.11. The van der Waals surface area contributed by atoms with Crippen molar-refractivity contribution < 1.29 is 13.9 Å². The van der Waals surface area contributed by atoms with Crippen LogP contribution in [0.15, 0.2) is 18.2 Å². The minimum Gasteiger partial charge on any atom is -0.387 e. The average Bonchev–Trinajstić information content (AvgIpc) is 2.08. The lowest BCUT2D eigenvalue weighted by Crippen LogP contribution is -2.13. The second kappa shape index (κ2) is 3.60. The van der Waals surface area contributed by atoms with Crippen LogP contribution >= 0.6 is 0 Å². The molecule has 0 bridgehead atoms. The molecule has 66 valence electrons. The predicted molar refractivity (Wildman–Crippen MR) is 40.4 cm³/mol. The van der Waals surface area contributed by atoms with Crippen molar-refractivity contribution in [3.05, 3.63) is 35.4 Å². The molecule has 1 aromatic rings. The van der Waals surface area contributed by atoms with Crippen molar-refractivity contribution in [1.29, 1.82) is 0 Å². The van der Waals surface area contributed by atoms with Gasteiger partial charge in [-0.25, -0.2) is 8.78 Å². The minimum absolute atomic E-state index is 0.0995. The summed E-state index contributed by atoms with van der Waals surface area (Å²) >= 11 is 0. The Morgan fingerprint density at radius 1 is 1.42 bits per heavy atom. The first-order chi connectivity index (χ1) is 5.65. The smallest absolute Gasteiger partial charge is 0.129 e. The Kier molecular flexibility index (Phi) is 2.73. The van der Waals surface area contributed by atoms with Crippen LogP contribution in [0.2, 0.25) is 0 Å². The van der Waals surface area contributed by atoms with Gasteiger partial charge in [-0.05, 0) is 18.2 Å². The van der Waals surface area contributed by atoms with Gasteiger partial charge in [0, 0.05) is 12.1 Å². The lowest BCUT2D eigenvalue weighted by molar-refractivity contribution is 0.181. The van der Waals surface area contributed by atoms with Crippen LogP contribution in [0, 0.1) is 11.6 Å². The highest BCUT2D eigenvalue weighted by Crippen LogP contribution is 2.16. The molecule has 0 saturated carbocycles. The Balaban J connectivity index is 3.04. The third-order valence-electron chi connectivity index (χ3n) is 1.54. The van der Waals surface area contributed by atoms with Crippen LogP contribution in [0.3, 0.4) is 0 Å². The van der Waals surface area contributed by atoms with E-state index >= 15 is 0 Å². The zero-order chi connectivity index (χ0) is 9.14. The topological polar surface area (TPSA) is 46.2 Å². The fraction of sp³-hybridized carbons (Fsp3) is 0.250. The van der Waals surface area contributed by atoms with Crippen molar-refractivity contribution in [2.75, 3.05) is 6.54 Å². The lowest BCUT2D eigenvalue weighted by atomic mass is 10.1. The maximum absolute atomic E-state index is 12.8. The van der Waals surface area contributed by atoms with Gasteiger partial charge < -0.3 is 10.8 Å². The van der Waals surface area contributed by atoms with E-state index < -0.39 is 17.7 Å². The number of rotatable bonds is 2. The van der Waals surface area contributed by atoms with Crippen molar-refractivity contribution in [2.24, 2.45) is 5.73 Å². The maximum Gasteiger partial charge on any atom is 0.129 e. The molecule has 2 nitrogen and oxygen atoms in total. The molecule has 0 aliphatic heterocycles. The molecular weight excluding hydrogens is 164 g/mol. The molecule has 0 aromatic heterocycles. The summed E-state index contributed by atoms with van der Waals surface area (Å²) in [4.78, 5) is 0. The molecule has 0 aliphatic carbocycles. The number of hydrogen-bond acceptors (Lipinski definition) is 2. The fourth-order valence-corrected chi connectivity index (χ4v) is 0.897. The van der Waals surface area contributed by atoms with E-state index in [0.29, 0.717) is 0 Å². The van der Waals surface area contributed by atoms with Gasteiger partial charge in [0.1, 0.15) is 11.6 Å². The summed E-state index contributed by atoms with van der Waals surface area (Å²) in [6, 6.07) is 2.89. The molecule has 0 radical (unpaired) electrons. The number of halogens is 2. The largest absolute Gasteiger partial charge is 0.387 e. The molecule has 0 heterocycles. The molecule has 1 aromatic carbocycles. The van der Waals surface area contributed by atoms with Gasteiger partial charge in [0.05, 0.1) is 6.10 Å². The number of aliphatic hydroxyl groups is 1. The van der Waals surface area contributed by atoms with Crippen LogP contribution in [0.1, 0.15) is 11.7 Å². The molecule has 1 rings (SSSR count). The molecule has 0 amide bonds. The number of aliphatic hydroxyl groups excluding tert-OH is 1. The Hall–Kier alpha value is -1.00. The Bertz CT molecular complexity index is 278. The zero-order valence-corrected chi connectivity index (χ0v) is 6.30. The monoisotopic (exact) mass is 173 g/mol. The minimum atomic E-state index is -1.14. The van der Waals surface area contributed by atoms with Gasteiger partial charge in [0.15, 0.2) is 0 Å². The van der Waals surface area contributed by atoms with Crippen LogP contribution in [0.4, 0.5) is 8.78 Å². The van der Waals surface area contributed by atoms with Crippen molar-refractivity contribution in [2.45, 2.75) is 6.10 Å². The van der Waals surface area contributed by atoms with E-state index in [1.54, 1.807) is 0 Å². The van der Waals surface area contributed by atoms with Crippen molar-refractivity contribution in [1.82, 2.24) is 0 Å². The first-order valence-corrected chi connectivity index (χ1v) is 3.48. The summed E-state index contributed by atoms with van der Waals surface area (Å²) in [6.07, 6.45) is -1.14. The van der Waals surface area contributed by atoms with E-state index in [9.17, 15) is 8.78 Å². The van der Waals surface area contributed by atoms with E-state index in [0.717, 1.165) is 18.2 Å². The summed E-state index contributed by atoms with van der Waals surface area (Å²) in [5, 5.41) is 9.10. The Morgan fingerprint density at radius 3 is 2.67 bits per heavy atom. The molecule has 4 heteroatoms. The maximum atomic E-state index is 12.8. The highest BCUT2D eigenvalue weighted by molar-refractivity contribution is 5.21. The second-order valence-corrected chi connectivity index (χ2v) is 2.42. The summed E-state index contributed by atoms with van der Waals surface area (Å²) in [7, 11) is 0. The predicted octanol–water partition coefficient (Wildman–Crippen LogP) is 0.957. The highest BCUT2D eigenvalue weighted by atomic mass is 19.1. The first-order valence-electron chi connectivity index (χ1n) is 3.48. The van der Waals surface area contributed by atoms with E-state index in [-0.39, 0.29) is 12.1 Å². The van der Waals surface area contributed by atoms with Gasteiger partial charge in [-0.1, -0.05) is 0 Å². The van der Waals surface area contributed by atoms with E-state index in [2.05, 4.69) is 0 Å². The van der Waals surface area contributed by atoms with Gasteiger partial charge in [0.2, 0.25) is 0 Å². The normalized spacial score (nSPS) is 13.0. The third-order valence-corrected chi connectivity index (χ3v) is 1.54. The Morgan fingerprint density at radius 2 is 2.08 bits per heavy atom. The quantitative estimate of drug-likeness (QED) is 0.699. The molecule has 1 unspecified atom stereocenters. The lowest BCUT2D eigenvalue weighted by Gasteiger charge is -2.08. The molecule has 3 N–H and O–H groups in total. The second-order valence-electron chi connectivity index (χ2n) is 2.42. The first kappa shape index (κ1) is 9.09.